The lowest BCUT2D eigenvalue weighted by molar-refractivity contribution is 0.0943. The van der Waals surface area contributed by atoms with Gasteiger partial charge in [0.2, 0.25) is 0 Å². The van der Waals surface area contributed by atoms with E-state index in [1.165, 1.54) is 23.5 Å². The summed E-state index contributed by atoms with van der Waals surface area (Å²) in [7, 11) is 3.82. The van der Waals surface area contributed by atoms with Crippen LogP contribution in [0.2, 0.25) is 5.02 Å². The van der Waals surface area contributed by atoms with Gasteiger partial charge in [0.15, 0.2) is 0 Å². The number of likely N-dealkylation sites (N-methyl/N-ethyl adjacent to an activating group) is 1. The van der Waals surface area contributed by atoms with E-state index in [9.17, 15) is 9.18 Å². The smallest absolute Gasteiger partial charge is 0.263 e. The van der Waals surface area contributed by atoms with Gasteiger partial charge in [-0.2, -0.15) is 0 Å². The van der Waals surface area contributed by atoms with Gasteiger partial charge in [0.1, 0.15) is 16.5 Å². The molecule has 0 fully saturated rings. The van der Waals surface area contributed by atoms with E-state index in [-0.39, 0.29) is 17.8 Å². The summed E-state index contributed by atoms with van der Waals surface area (Å²) in [5, 5.41) is 3.91. The number of halogens is 2. The lowest BCUT2D eigenvalue weighted by atomic mass is 10.2. The van der Waals surface area contributed by atoms with Gasteiger partial charge in [-0.1, -0.05) is 11.6 Å². The Morgan fingerprint density at radius 2 is 2.21 bits per heavy atom. The van der Waals surface area contributed by atoms with Crippen LogP contribution >= 0.6 is 22.9 Å². The van der Waals surface area contributed by atoms with Crippen LogP contribution in [0, 0.1) is 5.82 Å². The molecule has 0 aliphatic rings. The van der Waals surface area contributed by atoms with E-state index < -0.39 is 0 Å². The number of carbonyl (C=O) groups excluding carboxylic acids is 1. The van der Waals surface area contributed by atoms with Crippen LogP contribution in [0.4, 0.5) is 4.39 Å². The van der Waals surface area contributed by atoms with Crippen molar-refractivity contribution in [3.05, 3.63) is 58.1 Å². The number of hydrogen-bond acceptors (Lipinski definition) is 4. The molecule has 3 aromatic rings. The van der Waals surface area contributed by atoms with E-state index in [2.05, 4.69) is 5.32 Å². The Hall–Kier alpha value is -1.89. The molecule has 1 atom stereocenters. The van der Waals surface area contributed by atoms with Crippen molar-refractivity contribution >= 4 is 38.9 Å². The Morgan fingerprint density at radius 3 is 2.88 bits per heavy atom. The van der Waals surface area contributed by atoms with E-state index in [1.807, 2.05) is 31.1 Å². The molecule has 0 radical (unpaired) electrons. The number of rotatable bonds is 5. The minimum atomic E-state index is -0.349. The molecule has 0 bridgehead atoms. The van der Waals surface area contributed by atoms with Crippen molar-refractivity contribution in [3.63, 3.8) is 0 Å². The third-order valence-corrected chi connectivity index (χ3v) is 5.40. The standard InChI is InChI=1S/C17H16ClFN2O2S/c1-21(2)12(13-4-3-7-23-13)9-20-17(22)16-15(18)11-6-5-10(19)8-14(11)24-16/h3-8,12H,9H2,1-2H3,(H,20,22). The maximum atomic E-state index is 13.3. The van der Waals surface area contributed by atoms with Crippen molar-refractivity contribution in [2.24, 2.45) is 0 Å². The molecule has 24 heavy (non-hydrogen) atoms. The highest BCUT2D eigenvalue weighted by Gasteiger charge is 2.21. The fourth-order valence-corrected chi connectivity index (χ4v) is 3.93. The zero-order valence-electron chi connectivity index (χ0n) is 13.2. The van der Waals surface area contributed by atoms with E-state index >= 15 is 0 Å². The second-order valence-corrected chi connectivity index (χ2v) is 7.02. The lowest BCUT2D eigenvalue weighted by Crippen LogP contribution is -2.34. The summed E-state index contributed by atoms with van der Waals surface area (Å²) >= 11 is 7.46. The topological polar surface area (TPSA) is 45.5 Å². The minimum absolute atomic E-state index is 0.0884. The Morgan fingerprint density at radius 1 is 1.42 bits per heavy atom. The van der Waals surface area contributed by atoms with Gasteiger partial charge in [-0.05, 0) is 44.4 Å². The minimum Gasteiger partial charge on any atom is -0.468 e. The number of carbonyl (C=O) groups is 1. The number of benzene rings is 1. The van der Waals surface area contributed by atoms with Crippen LogP contribution in [-0.4, -0.2) is 31.4 Å². The van der Waals surface area contributed by atoms with Crippen LogP contribution in [0.3, 0.4) is 0 Å². The molecule has 4 nitrogen and oxygen atoms in total. The maximum absolute atomic E-state index is 13.3. The van der Waals surface area contributed by atoms with Crippen LogP contribution in [0.15, 0.2) is 41.0 Å². The fraction of sp³-hybridized carbons (Fsp3) is 0.235. The third kappa shape index (κ3) is 3.31. The molecule has 1 aromatic carbocycles. The van der Waals surface area contributed by atoms with E-state index in [0.717, 1.165) is 5.76 Å². The Bertz CT molecular complexity index is 861. The molecule has 1 unspecified atom stereocenters. The monoisotopic (exact) mass is 366 g/mol. The molecule has 0 saturated carbocycles. The van der Waals surface area contributed by atoms with E-state index in [1.54, 1.807) is 12.3 Å². The molecule has 3 rings (SSSR count). The normalized spacial score (nSPS) is 12.7. The summed E-state index contributed by atoms with van der Waals surface area (Å²) in [5.41, 5.74) is 0. The number of nitrogens with zero attached hydrogens (tertiary/aromatic N) is 1. The first-order chi connectivity index (χ1) is 11.5. The molecular formula is C17H16ClFN2O2S. The first kappa shape index (κ1) is 17.0. The molecule has 2 heterocycles. The van der Waals surface area contributed by atoms with Gasteiger partial charge in [0, 0.05) is 16.6 Å². The summed E-state index contributed by atoms with van der Waals surface area (Å²) < 4.78 is 19.4. The molecule has 0 saturated heterocycles. The average molecular weight is 367 g/mol. The molecule has 7 heteroatoms. The summed E-state index contributed by atoms with van der Waals surface area (Å²) in [6.07, 6.45) is 1.60. The summed E-state index contributed by atoms with van der Waals surface area (Å²) in [4.78, 5) is 14.8. The second-order valence-electron chi connectivity index (χ2n) is 5.59. The van der Waals surface area contributed by atoms with Crippen molar-refractivity contribution in [3.8, 4) is 0 Å². The summed E-state index contributed by atoms with van der Waals surface area (Å²) in [5.74, 6) is 0.141. The van der Waals surface area contributed by atoms with Gasteiger partial charge < -0.3 is 9.73 Å². The van der Waals surface area contributed by atoms with Crippen LogP contribution in [0.1, 0.15) is 21.5 Å². The third-order valence-electron chi connectivity index (χ3n) is 3.75. The molecule has 0 spiro atoms. The number of hydrogen-bond donors (Lipinski definition) is 1. The highest BCUT2D eigenvalue weighted by atomic mass is 35.5. The quantitative estimate of drug-likeness (QED) is 0.731. The fourth-order valence-electron chi connectivity index (χ4n) is 2.47. The van der Waals surface area contributed by atoms with Crippen LogP contribution in [0.25, 0.3) is 10.1 Å². The van der Waals surface area contributed by atoms with Crippen LogP contribution in [0.5, 0.6) is 0 Å². The lowest BCUT2D eigenvalue weighted by Gasteiger charge is -2.22. The first-order valence-electron chi connectivity index (χ1n) is 7.33. The average Bonchev–Trinajstić information content (AvgIpc) is 3.15. The molecule has 2 aromatic heterocycles. The largest absolute Gasteiger partial charge is 0.468 e. The Kier molecular flexibility index (Phi) is 4.89. The van der Waals surface area contributed by atoms with Crippen molar-refractivity contribution in [2.45, 2.75) is 6.04 Å². The predicted octanol–water partition coefficient (Wildman–Crippen LogP) is 4.32. The maximum Gasteiger partial charge on any atom is 0.263 e. The van der Waals surface area contributed by atoms with Crippen molar-refractivity contribution in [1.82, 2.24) is 10.2 Å². The van der Waals surface area contributed by atoms with Crippen molar-refractivity contribution in [2.75, 3.05) is 20.6 Å². The van der Waals surface area contributed by atoms with Gasteiger partial charge in [-0.25, -0.2) is 4.39 Å². The second kappa shape index (κ2) is 6.93. The SMILES string of the molecule is CN(C)C(CNC(=O)c1sc2cc(F)ccc2c1Cl)c1ccco1. The first-order valence-corrected chi connectivity index (χ1v) is 8.52. The van der Waals surface area contributed by atoms with Gasteiger partial charge in [0.05, 0.1) is 17.3 Å². The highest BCUT2D eigenvalue weighted by Crippen LogP contribution is 2.35. The summed E-state index contributed by atoms with van der Waals surface area (Å²) in [6.45, 7) is 0.373. The van der Waals surface area contributed by atoms with Crippen LogP contribution in [-0.2, 0) is 0 Å². The molecule has 126 valence electrons. The van der Waals surface area contributed by atoms with Crippen LogP contribution < -0.4 is 5.32 Å². The number of thiophene rings is 1. The number of amides is 1. The van der Waals surface area contributed by atoms with Gasteiger partial charge >= 0.3 is 0 Å². The molecule has 0 aliphatic heterocycles. The Labute approximate surface area is 147 Å². The number of furan rings is 1. The number of nitrogens with one attached hydrogen (secondary N) is 1. The molecule has 1 N–H and O–H groups in total. The van der Waals surface area contributed by atoms with Gasteiger partial charge in [-0.3, -0.25) is 9.69 Å². The van der Waals surface area contributed by atoms with Gasteiger partial charge in [-0.15, -0.1) is 11.3 Å². The predicted molar refractivity (Wildman–Crippen MR) is 94.3 cm³/mol. The zero-order chi connectivity index (χ0) is 17.3. The highest BCUT2D eigenvalue weighted by molar-refractivity contribution is 7.21. The molecular weight excluding hydrogens is 351 g/mol. The Balaban J connectivity index is 1.78. The van der Waals surface area contributed by atoms with Gasteiger partial charge in [0.25, 0.3) is 5.91 Å². The van der Waals surface area contributed by atoms with E-state index in [0.29, 0.717) is 26.5 Å². The van der Waals surface area contributed by atoms with Crippen molar-refractivity contribution < 1.29 is 13.6 Å². The zero-order valence-corrected chi connectivity index (χ0v) is 14.7. The van der Waals surface area contributed by atoms with E-state index in [4.69, 9.17) is 16.0 Å². The molecule has 0 aliphatic carbocycles. The molecule has 1 amide bonds. The summed E-state index contributed by atoms with van der Waals surface area (Å²) in [6, 6.07) is 7.90. The number of fused-ring (bicyclic) bond motifs is 1. The van der Waals surface area contributed by atoms with Crippen molar-refractivity contribution in [1.29, 1.82) is 0 Å².